The van der Waals surface area contributed by atoms with Crippen LogP contribution in [0.2, 0.25) is 0 Å². The number of rotatable bonds is 5. The van der Waals surface area contributed by atoms with Gasteiger partial charge in [-0.1, -0.05) is 24.3 Å². The van der Waals surface area contributed by atoms with E-state index in [-0.39, 0.29) is 11.9 Å². The van der Waals surface area contributed by atoms with Crippen LogP contribution in [0.1, 0.15) is 23.0 Å². The van der Waals surface area contributed by atoms with Gasteiger partial charge in [-0.2, -0.15) is 0 Å². The minimum absolute atomic E-state index is 0.0189. The minimum Gasteiger partial charge on any atom is -0.496 e. The van der Waals surface area contributed by atoms with E-state index in [1.54, 1.807) is 25.3 Å². The van der Waals surface area contributed by atoms with Crippen LogP contribution < -0.4 is 10.1 Å². The number of amides is 1. The molecule has 0 fully saturated rings. The lowest BCUT2D eigenvalue weighted by Crippen LogP contribution is -2.34. The summed E-state index contributed by atoms with van der Waals surface area (Å²) < 4.78 is 5.97. The SMILES string of the molecule is COc1ccccc1CC(C)NC(=O)c1cccc(Br)n1. The second-order valence-corrected chi connectivity index (χ2v) is 5.55. The Hall–Kier alpha value is -1.88. The number of nitrogens with one attached hydrogen (secondary N) is 1. The zero-order chi connectivity index (χ0) is 15.2. The lowest BCUT2D eigenvalue weighted by atomic mass is 10.1. The van der Waals surface area contributed by atoms with Crippen molar-refractivity contribution in [1.82, 2.24) is 10.3 Å². The first kappa shape index (κ1) is 15.5. The number of para-hydroxylation sites is 1. The maximum atomic E-state index is 12.1. The first-order valence-corrected chi connectivity index (χ1v) is 7.44. The number of ether oxygens (including phenoxy) is 1. The topological polar surface area (TPSA) is 51.2 Å². The van der Waals surface area contributed by atoms with Crippen LogP contribution in [0.15, 0.2) is 47.1 Å². The molecule has 21 heavy (non-hydrogen) atoms. The Morgan fingerprint density at radius 1 is 1.29 bits per heavy atom. The van der Waals surface area contributed by atoms with Crippen molar-refractivity contribution in [3.8, 4) is 5.75 Å². The summed E-state index contributed by atoms with van der Waals surface area (Å²) in [7, 11) is 1.65. The molecule has 2 aromatic rings. The standard InChI is InChI=1S/C16H17BrN2O2/c1-11(10-12-6-3-4-8-14(12)21-2)18-16(20)13-7-5-9-15(17)19-13/h3-9,11H,10H2,1-2H3,(H,18,20). The van der Waals surface area contributed by atoms with E-state index in [1.807, 2.05) is 31.2 Å². The predicted molar refractivity (Wildman–Crippen MR) is 85.6 cm³/mol. The van der Waals surface area contributed by atoms with Crippen molar-refractivity contribution in [3.63, 3.8) is 0 Å². The molecule has 1 amide bonds. The summed E-state index contributed by atoms with van der Waals surface area (Å²) in [4.78, 5) is 16.3. The molecule has 0 aliphatic carbocycles. The van der Waals surface area contributed by atoms with E-state index in [1.165, 1.54) is 0 Å². The third-order valence-corrected chi connectivity index (χ3v) is 3.49. The van der Waals surface area contributed by atoms with E-state index in [9.17, 15) is 4.79 Å². The van der Waals surface area contributed by atoms with E-state index in [4.69, 9.17) is 4.74 Å². The highest BCUT2D eigenvalue weighted by molar-refractivity contribution is 9.10. The highest BCUT2D eigenvalue weighted by atomic mass is 79.9. The van der Waals surface area contributed by atoms with E-state index in [2.05, 4.69) is 26.2 Å². The maximum Gasteiger partial charge on any atom is 0.270 e. The molecule has 1 unspecified atom stereocenters. The molecule has 0 bridgehead atoms. The van der Waals surface area contributed by atoms with Crippen LogP contribution in [0.3, 0.4) is 0 Å². The van der Waals surface area contributed by atoms with Gasteiger partial charge < -0.3 is 10.1 Å². The first-order chi connectivity index (χ1) is 10.1. The molecule has 5 heteroatoms. The van der Waals surface area contributed by atoms with E-state index < -0.39 is 0 Å². The van der Waals surface area contributed by atoms with Gasteiger partial charge in [0.05, 0.1) is 7.11 Å². The summed E-state index contributed by atoms with van der Waals surface area (Å²) in [5.41, 5.74) is 1.46. The Morgan fingerprint density at radius 3 is 2.76 bits per heavy atom. The van der Waals surface area contributed by atoms with Crippen molar-refractivity contribution in [1.29, 1.82) is 0 Å². The Labute approximate surface area is 132 Å². The highest BCUT2D eigenvalue weighted by Crippen LogP contribution is 2.19. The molecule has 1 N–H and O–H groups in total. The molecular weight excluding hydrogens is 332 g/mol. The van der Waals surface area contributed by atoms with Gasteiger partial charge >= 0.3 is 0 Å². The average molecular weight is 349 g/mol. The van der Waals surface area contributed by atoms with Crippen LogP contribution in [0, 0.1) is 0 Å². The van der Waals surface area contributed by atoms with E-state index >= 15 is 0 Å². The smallest absolute Gasteiger partial charge is 0.270 e. The number of aromatic nitrogens is 1. The molecule has 0 aliphatic heterocycles. The lowest BCUT2D eigenvalue weighted by molar-refractivity contribution is 0.0934. The van der Waals surface area contributed by atoms with Crippen molar-refractivity contribution >= 4 is 21.8 Å². The van der Waals surface area contributed by atoms with Gasteiger partial charge in [0.15, 0.2) is 0 Å². The molecule has 1 heterocycles. The van der Waals surface area contributed by atoms with Crippen molar-refractivity contribution in [2.75, 3.05) is 7.11 Å². The number of methoxy groups -OCH3 is 1. The van der Waals surface area contributed by atoms with Crippen LogP contribution in [-0.2, 0) is 6.42 Å². The monoisotopic (exact) mass is 348 g/mol. The lowest BCUT2D eigenvalue weighted by Gasteiger charge is -2.15. The number of benzene rings is 1. The van der Waals surface area contributed by atoms with Crippen LogP contribution in [0.4, 0.5) is 0 Å². The second-order valence-electron chi connectivity index (χ2n) is 4.74. The van der Waals surface area contributed by atoms with Gasteiger partial charge in [0.25, 0.3) is 5.91 Å². The van der Waals surface area contributed by atoms with Gasteiger partial charge in [0, 0.05) is 6.04 Å². The molecule has 4 nitrogen and oxygen atoms in total. The van der Waals surface area contributed by atoms with Crippen molar-refractivity contribution in [3.05, 3.63) is 58.3 Å². The minimum atomic E-state index is -0.182. The third-order valence-electron chi connectivity index (χ3n) is 3.04. The summed E-state index contributed by atoms with van der Waals surface area (Å²) in [5, 5.41) is 2.95. The number of pyridine rings is 1. The summed E-state index contributed by atoms with van der Waals surface area (Å²) in [6.45, 7) is 1.96. The Kier molecular flexibility index (Phi) is 5.33. The van der Waals surface area contributed by atoms with Gasteiger partial charge in [-0.05, 0) is 53.0 Å². The molecule has 0 saturated heterocycles. The molecule has 0 aliphatic rings. The molecule has 0 radical (unpaired) electrons. The molecule has 0 spiro atoms. The van der Waals surface area contributed by atoms with Crippen LogP contribution in [-0.4, -0.2) is 24.0 Å². The molecular formula is C16H17BrN2O2. The molecule has 110 valence electrons. The normalized spacial score (nSPS) is 11.8. The average Bonchev–Trinajstić information content (AvgIpc) is 2.47. The molecule has 2 rings (SSSR count). The summed E-state index contributed by atoms with van der Waals surface area (Å²) in [6, 6.07) is 13.1. The van der Waals surface area contributed by atoms with Crippen LogP contribution in [0.5, 0.6) is 5.75 Å². The van der Waals surface area contributed by atoms with Gasteiger partial charge in [0.2, 0.25) is 0 Å². The summed E-state index contributed by atoms with van der Waals surface area (Å²) >= 11 is 3.26. The molecule has 1 aromatic heterocycles. The second kappa shape index (κ2) is 7.22. The summed E-state index contributed by atoms with van der Waals surface area (Å²) in [6.07, 6.45) is 0.698. The number of halogens is 1. The summed E-state index contributed by atoms with van der Waals surface area (Å²) in [5.74, 6) is 0.651. The fraction of sp³-hybridized carbons (Fsp3) is 0.250. The van der Waals surface area contributed by atoms with Crippen molar-refractivity contribution in [2.45, 2.75) is 19.4 Å². The largest absolute Gasteiger partial charge is 0.496 e. The number of nitrogens with zero attached hydrogens (tertiary/aromatic N) is 1. The zero-order valence-corrected chi connectivity index (χ0v) is 13.6. The van der Waals surface area contributed by atoms with Crippen molar-refractivity contribution in [2.24, 2.45) is 0 Å². The Bertz CT molecular complexity index is 631. The quantitative estimate of drug-likeness (QED) is 0.844. The fourth-order valence-electron chi connectivity index (χ4n) is 2.08. The predicted octanol–water partition coefficient (Wildman–Crippen LogP) is 3.21. The first-order valence-electron chi connectivity index (χ1n) is 6.65. The molecule has 1 aromatic carbocycles. The van der Waals surface area contributed by atoms with Gasteiger partial charge in [-0.15, -0.1) is 0 Å². The third kappa shape index (κ3) is 4.29. The Balaban J connectivity index is 2.01. The molecule has 0 saturated carbocycles. The number of hydrogen-bond donors (Lipinski definition) is 1. The van der Waals surface area contributed by atoms with E-state index in [0.717, 1.165) is 11.3 Å². The van der Waals surface area contributed by atoms with Crippen LogP contribution in [0.25, 0.3) is 0 Å². The Morgan fingerprint density at radius 2 is 2.05 bits per heavy atom. The van der Waals surface area contributed by atoms with Crippen LogP contribution >= 0.6 is 15.9 Å². The number of carbonyl (C=O) groups excluding carboxylic acids is 1. The number of carbonyl (C=O) groups is 1. The number of hydrogen-bond acceptors (Lipinski definition) is 3. The maximum absolute atomic E-state index is 12.1. The van der Waals surface area contributed by atoms with Crippen molar-refractivity contribution < 1.29 is 9.53 Å². The van der Waals surface area contributed by atoms with Gasteiger partial charge in [0.1, 0.15) is 16.0 Å². The van der Waals surface area contributed by atoms with Gasteiger partial charge in [-0.3, -0.25) is 4.79 Å². The molecule has 1 atom stereocenters. The fourth-order valence-corrected chi connectivity index (χ4v) is 2.43. The van der Waals surface area contributed by atoms with E-state index in [0.29, 0.717) is 16.7 Å². The zero-order valence-electron chi connectivity index (χ0n) is 12.0. The van der Waals surface area contributed by atoms with Gasteiger partial charge in [-0.25, -0.2) is 4.98 Å². The highest BCUT2D eigenvalue weighted by Gasteiger charge is 2.13.